The van der Waals surface area contributed by atoms with Crippen LogP contribution in [-0.4, -0.2) is 48.8 Å². The summed E-state index contributed by atoms with van der Waals surface area (Å²) >= 11 is 0. The Kier molecular flexibility index (Phi) is 5.48. The molecule has 0 saturated carbocycles. The maximum Gasteiger partial charge on any atom is 0.341 e. The molecule has 7 nitrogen and oxygen atoms in total. The van der Waals surface area contributed by atoms with Crippen LogP contribution in [0.25, 0.3) is 10.9 Å². The summed E-state index contributed by atoms with van der Waals surface area (Å²) in [4.78, 5) is 30.5. The van der Waals surface area contributed by atoms with Crippen LogP contribution in [0, 0.1) is 11.8 Å². The summed E-state index contributed by atoms with van der Waals surface area (Å²) in [5.41, 5.74) is 1.72. The van der Waals surface area contributed by atoms with Crippen molar-refractivity contribution >= 4 is 28.5 Å². The number of aliphatic carboxylic acids is 1. The van der Waals surface area contributed by atoms with Gasteiger partial charge in [0.05, 0.1) is 30.8 Å². The molecule has 0 amide bonds. The monoisotopic (exact) mass is 372 g/mol. The van der Waals surface area contributed by atoms with Crippen molar-refractivity contribution in [2.45, 2.75) is 20.3 Å². The van der Waals surface area contributed by atoms with Gasteiger partial charge < -0.3 is 19.5 Å². The molecule has 1 aliphatic rings. The van der Waals surface area contributed by atoms with Gasteiger partial charge in [0.1, 0.15) is 11.3 Å². The lowest BCUT2D eigenvalue weighted by Gasteiger charge is -2.37. The molecular formula is C20H24N2O5. The highest BCUT2D eigenvalue weighted by molar-refractivity contribution is 6.05. The molecule has 0 bridgehead atoms. The lowest BCUT2D eigenvalue weighted by atomic mass is 9.89. The van der Waals surface area contributed by atoms with Gasteiger partial charge in [-0.25, -0.2) is 4.79 Å². The number of ether oxygens (including phenoxy) is 2. The first-order chi connectivity index (χ1) is 12.9. The molecule has 2 aromatic rings. The van der Waals surface area contributed by atoms with Crippen molar-refractivity contribution in [1.82, 2.24) is 4.98 Å². The Balaban J connectivity index is 2.18. The first-order valence-electron chi connectivity index (χ1n) is 9.06. The van der Waals surface area contributed by atoms with Gasteiger partial charge in [-0.2, -0.15) is 0 Å². The molecule has 1 fully saturated rings. The van der Waals surface area contributed by atoms with Crippen LogP contribution < -0.4 is 9.64 Å². The number of esters is 1. The molecule has 1 N–H and O–H groups in total. The number of benzene rings is 1. The van der Waals surface area contributed by atoms with Gasteiger partial charge in [-0.3, -0.25) is 9.78 Å². The van der Waals surface area contributed by atoms with E-state index in [2.05, 4.69) is 4.98 Å². The van der Waals surface area contributed by atoms with E-state index in [0.717, 1.165) is 5.39 Å². The van der Waals surface area contributed by atoms with Gasteiger partial charge in [0, 0.05) is 24.7 Å². The van der Waals surface area contributed by atoms with Gasteiger partial charge in [-0.1, -0.05) is 6.92 Å². The number of carbonyl (C=O) groups is 2. The summed E-state index contributed by atoms with van der Waals surface area (Å²) in [5.74, 6) is -0.942. The van der Waals surface area contributed by atoms with Gasteiger partial charge in [0.25, 0.3) is 0 Å². The van der Waals surface area contributed by atoms with E-state index in [0.29, 0.717) is 42.0 Å². The van der Waals surface area contributed by atoms with Crippen LogP contribution in [0.2, 0.25) is 0 Å². The number of anilines is 1. The molecule has 2 heterocycles. The highest BCUT2D eigenvalue weighted by Crippen LogP contribution is 2.36. The first kappa shape index (κ1) is 18.9. The normalized spacial score (nSPS) is 19.7. The fraction of sp³-hybridized carbons (Fsp3) is 0.450. The number of methoxy groups -OCH3 is 1. The number of pyridine rings is 1. The zero-order valence-corrected chi connectivity index (χ0v) is 15.8. The molecule has 2 unspecified atom stereocenters. The minimum Gasteiger partial charge on any atom is -0.497 e. The number of rotatable bonds is 5. The van der Waals surface area contributed by atoms with Crippen molar-refractivity contribution < 1.29 is 24.2 Å². The standard InChI is InChI=1S/C20H24N2O5/c1-4-27-20(25)16-9-21-17-6-5-14(26-3)8-15(17)18(16)22-10-12(2)7-13(11-22)19(23)24/h5-6,8-9,12-13H,4,7,10-11H2,1-3H3,(H,23,24). The minimum atomic E-state index is -0.819. The SMILES string of the molecule is CCOC(=O)c1cnc2ccc(OC)cc2c1N1CC(C)CC(C(=O)O)C1. The van der Waals surface area contributed by atoms with E-state index in [9.17, 15) is 14.7 Å². The highest BCUT2D eigenvalue weighted by Gasteiger charge is 2.32. The number of piperidine rings is 1. The average Bonchev–Trinajstić information content (AvgIpc) is 2.66. The molecule has 2 atom stereocenters. The molecule has 144 valence electrons. The van der Waals surface area contributed by atoms with Gasteiger partial charge >= 0.3 is 11.9 Å². The van der Waals surface area contributed by atoms with Gasteiger partial charge in [0.15, 0.2) is 0 Å². The molecule has 0 radical (unpaired) electrons. The van der Waals surface area contributed by atoms with E-state index in [1.165, 1.54) is 6.20 Å². The van der Waals surface area contributed by atoms with Crippen LogP contribution in [0.1, 0.15) is 30.6 Å². The quantitative estimate of drug-likeness (QED) is 0.807. The summed E-state index contributed by atoms with van der Waals surface area (Å²) in [6, 6.07) is 5.46. The Morgan fingerprint density at radius 2 is 2.11 bits per heavy atom. The van der Waals surface area contributed by atoms with Crippen molar-refractivity contribution in [2.24, 2.45) is 11.8 Å². The van der Waals surface area contributed by atoms with Crippen molar-refractivity contribution in [3.05, 3.63) is 30.0 Å². The van der Waals surface area contributed by atoms with E-state index >= 15 is 0 Å². The van der Waals surface area contributed by atoms with Crippen molar-refractivity contribution in [3.63, 3.8) is 0 Å². The largest absolute Gasteiger partial charge is 0.497 e. The maximum absolute atomic E-state index is 12.6. The van der Waals surface area contributed by atoms with Gasteiger partial charge in [0.2, 0.25) is 0 Å². The average molecular weight is 372 g/mol. The maximum atomic E-state index is 12.6. The lowest BCUT2D eigenvalue weighted by molar-refractivity contribution is -0.142. The van der Waals surface area contributed by atoms with E-state index in [4.69, 9.17) is 9.47 Å². The van der Waals surface area contributed by atoms with Crippen LogP contribution in [-0.2, 0) is 9.53 Å². The fourth-order valence-corrected chi connectivity index (χ4v) is 3.70. The lowest BCUT2D eigenvalue weighted by Crippen LogP contribution is -2.43. The molecule has 0 spiro atoms. The van der Waals surface area contributed by atoms with Crippen molar-refractivity contribution in [2.75, 3.05) is 31.7 Å². The topological polar surface area (TPSA) is 89.0 Å². The van der Waals surface area contributed by atoms with Crippen LogP contribution in [0.4, 0.5) is 5.69 Å². The number of aromatic nitrogens is 1. The Morgan fingerprint density at radius 3 is 2.78 bits per heavy atom. The zero-order chi connectivity index (χ0) is 19.6. The van der Waals surface area contributed by atoms with Crippen LogP contribution >= 0.6 is 0 Å². The summed E-state index contributed by atoms with van der Waals surface area (Å²) in [6.07, 6.45) is 2.13. The van der Waals surface area contributed by atoms with Gasteiger partial charge in [-0.05, 0) is 37.5 Å². The molecule has 1 aromatic heterocycles. The molecule has 1 aromatic carbocycles. The fourth-order valence-electron chi connectivity index (χ4n) is 3.70. The first-order valence-corrected chi connectivity index (χ1v) is 9.06. The third-order valence-electron chi connectivity index (χ3n) is 4.87. The highest BCUT2D eigenvalue weighted by atomic mass is 16.5. The second-order valence-electron chi connectivity index (χ2n) is 6.91. The van der Waals surface area contributed by atoms with Crippen LogP contribution in [0.5, 0.6) is 5.75 Å². The Labute approximate surface area is 157 Å². The second kappa shape index (κ2) is 7.82. The molecule has 7 heteroatoms. The second-order valence-corrected chi connectivity index (χ2v) is 6.91. The third kappa shape index (κ3) is 3.82. The number of hydrogen-bond acceptors (Lipinski definition) is 6. The number of carboxylic acid groups (broad SMARTS) is 1. The molecule has 1 aliphatic heterocycles. The van der Waals surface area contributed by atoms with E-state index in [1.54, 1.807) is 14.0 Å². The number of hydrogen-bond donors (Lipinski definition) is 1. The number of carboxylic acids is 1. The molecule has 1 saturated heterocycles. The van der Waals surface area contributed by atoms with Crippen LogP contribution in [0.3, 0.4) is 0 Å². The van der Waals surface area contributed by atoms with E-state index in [-0.39, 0.29) is 12.5 Å². The molecule has 3 rings (SSSR count). The molecular weight excluding hydrogens is 348 g/mol. The number of carbonyl (C=O) groups excluding carboxylic acids is 1. The number of nitrogens with zero attached hydrogens (tertiary/aromatic N) is 2. The van der Waals surface area contributed by atoms with Crippen LogP contribution in [0.15, 0.2) is 24.4 Å². The summed E-state index contributed by atoms with van der Waals surface area (Å²) in [7, 11) is 1.58. The smallest absolute Gasteiger partial charge is 0.341 e. The molecule has 27 heavy (non-hydrogen) atoms. The summed E-state index contributed by atoms with van der Waals surface area (Å²) in [6.45, 7) is 5.02. The Bertz CT molecular complexity index is 867. The Hall–Kier alpha value is -2.83. The third-order valence-corrected chi connectivity index (χ3v) is 4.87. The predicted molar refractivity (Wildman–Crippen MR) is 101 cm³/mol. The predicted octanol–water partition coefficient (Wildman–Crippen LogP) is 2.97. The minimum absolute atomic E-state index is 0.184. The Morgan fingerprint density at radius 1 is 1.33 bits per heavy atom. The van der Waals surface area contributed by atoms with E-state index in [1.807, 2.05) is 30.0 Å². The molecule has 0 aliphatic carbocycles. The summed E-state index contributed by atoms with van der Waals surface area (Å²) < 4.78 is 10.5. The zero-order valence-electron chi connectivity index (χ0n) is 15.8. The summed E-state index contributed by atoms with van der Waals surface area (Å²) in [5, 5.41) is 10.3. The van der Waals surface area contributed by atoms with Gasteiger partial charge in [-0.15, -0.1) is 0 Å². The number of fused-ring (bicyclic) bond motifs is 1. The van der Waals surface area contributed by atoms with Crippen molar-refractivity contribution in [1.29, 1.82) is 0 Å². The van der Waals surface area contributed by atoms with Crippen molar-refractivity contribution in [3.8, 4) is 5.75 Å². The van der Waals surface area contributed by atoms with E-state index < -0.39 is 17.9 Å².